The first-order valence-electron chi connectivity index (χ1n) is 8.62. The van der Waals surface area contributed by atoms with Gasteiger partial charge in [-0.15, -0.1) is 0 Å². The Morgan fingerprint density at radius 2 is 1.48 bits per heavy atom. The minimum absolute atomic E-state index is 0.523. The number of ether oxygens (including phenoxy) is 1. The predicted molar refractivity (Wildman–Crippen MR) is 104 cm³/mol. The fraction of sp³-hybridized carbons (Fsp3) is 0.182. The molecule has 0 atom stereocenters. The Morgan fingerprint density at radius 3 is 2.20 bits per heavy atom. The first-order valence-corrected chi connectivity index (χ1v) is 8.62. The van der Waals surface area contributed by atoms with Crippen LogP contribution in [0.4, 0.5) is 5.69 Å². The molecule has 0 aliphatic carbocycles. The molecule has 25 heavy (non-hydrogen) atoms. The highest BCUT2D eigenvalue weighted by molar-refractivity contribution is 5.42. The summed E-state index contributed by atoms with van der Waals surface area (Å²) in [6, 6.07) is 26.4. The minimum Gasteiger partial charge on any atom is -0.457 e. The van der Waals surface area contributed by atoms with Crippen molar-refractivity contribution in [3.05, 3.63) is 90.0 Å². The van der Waals surface area contributed by atoms with Crippen LogP contribution in [0.3, 0.4) is 0 Å². The third kappa shape index (κ3) is 4.85. The van der Waals surface area contributed by atoms with E-state index in [2.05, 4.69) is 42.9 Å². The Kier molecular flexibility index (Phi) is 5.70. The SMILES string of the molecule is CC(C)c1ccc(Oc2ccccc2CNNc2ccccc2)cc1. The Bertz CT molecular complexity index is 783. The van der Waals surface area contributed by atoms with Crippen molar-refractivity contribution in [2.45, 2.75) is 26.3 Å². The predicted octanol–water partition coefficient (Wildman–Crippen LogP) is 5.72. The number of benzene rings is 3. The maximum Gasteiger partial charge on any atom is 0.131 e. The highest BCUT2D eigenvalue weighted by atomic mass is 16.5. The van der Waals surface area contributed by atoms with Crippen LogP contribution in [-0.2, 0) is 6.54 Å². The van der Waals surface area contributed by atoms with E-state index in [1.807, 2.05) is 60.7 Å². The molecule has 3 rings (SSSR count). The van der Waals surface area contributed by atoms with Crippen LogP contribution in [-0.4, -0.2) is 0 Å². The van der Waals surface area contributed by atoms with Crippen molar-refractivity contribution in [3.63, 3.8) is 0 Å². The van der Waals surface area contributed by atoms with Crippen molar-refractivity contribution < 1.29 is 4.74 Å². The van der Waals surface area contributed by atoms with Gasteiger partial charge in [-0.3, -0.25) is 0 Å². The Labute approximate surface area is 149 Å². The zero-order valence-electron chi connectivity index (χ0n) is 14.7. The third-order valence-electron chi connectivity index (χ3n) is 4.03. The number of anilines is 1. The maximum absolute atomic E-state index is 6.08. The van der Waals surface area contributed by atoms with Crippen LogP contribution < -0.4 is 15.6 Å². The zero-order chi connectivity index (χ0) is 17.5. The number of nitrogens with one attached hydrogen (secondary N) is 2. The summed E-state index contributed by atoms with van der Waals surface area (Å²) in [5, 5.41) is 0. The van der Waals surface area contributed by atoms with E-state index < -0.39 is 0 Å². The standard InChI is InChI=1S/C22H24N2O/c1-17(2)18-12-14-21(15-13-18)25-22-11-7-6-8-19(22)16-23-24-20-9-4-3-5-10-20/h3-15,17,23-24H,16H2,1-2H3. The number of hydrogen-bond donors (Lipinski definition) is 2. The second kappa shape index (κ2) is 8.36. The van der Waals surface area contributed by atoms with Crippen molar-refractivity contribution in [1.29, 1.82) is 0 Å². The van der Waals surface area contributed by atoms with Gasteiger partial charge in [0.2, 0.25) is 0 Å². The van der Waals surface area contributed by atoms with Gasteiger partial charge in [0, 0.05) is 17.8 Å². The topological polar surface area (TPSA) is 33.3 Å². The van der Waals surface area contributed by atoms with Crippen molar-refractivity contribution >= 4 is 5.69 Å². The summed E-state index contributed by atoms with van der Waals surface area (Å²) in [7, 11) is 0. The van der Waals surface area contributed by atoms with Gasteiger partial charge in [-0.2, -0.15) is 0 Å². The second-order valence-corrected chi connectivity index (χ2v) is 6.28. The molecule has 0 aromatic heterocycles. The molecule has 0 unspecified atom stereocenters. The van der Waals surface area contributed by atoms with Gasteiger partial charge in [0.05, 0.1) is 0 Å². The molecule has 3 nitrogen and oxygen atoms in total. The van der Waals surface area contributed by atoms with Gasteiger partial charge in [0.25, 0.3) is 0 Å². The molecule has 0 radical (unpaired) electrons. The quantitative estimate of drug-likeness (QED) is 0.543. The van der Waals surface area contributed by atoms with Gasteiger partial charge in [-0.1, -0.05) is 62.4 Å². The summed E-state index contributed by atoms with van der Waals surface area (Å²) in [5.74, 6) is 2.24. The molecule has 3 aromatic carbocycles. The van der Waals surface area contributed by atoms with E-state index in [0.29, 0.717) is 12.5 Å². The highest BCUT2D eigenvalue weighted by Gasteiger charge is 2.05. The lowest BCUT2D eigenvalue weighted by Gasteiger charge is -2.14. The maximum atomic E-state index is 6.08. The largest absolute Gasteiger partial charge is 0.457 e. The molecule has 0 saturated heterocycles. The van der Waals surface area contributed by atoms with E-state index in [1.54, 1.807) is 0 Å². The summed E-state index contributed by atoms with van der Waals surface area (Å²) in [4.78, 5) is 0. The summed E-state index contributed by atoms with van der Waals surface area (Å²) in [6.07, 6.45) is 0. The van der Waals surface area contributed by atoms with Gasteiger partial charge in [-0.05, 0) is 41.8 Å². The molecule has 3 heteroatoms. The Morgan fingerprint density at radius 1 is 0.800 bits per heavy atom. The molecule has 2 N–H and O–H groups in total. The highest BCUT2D eigenvalue weighted by Crippen LogP contribution is 2.26. The summed E-state index contributed by atoms with van der Waals surface area (Å²) >= 11 is 0. The van der Waals surface area contributed by atoms with E-state index in [1.165, 1.54) is 5.56 Å². The fourth-order valence-electron chi connectivity index (χ4n) is 2.56. The lowest BCUT2D eigenvalue weighted by molar-refractivity contribution is 0.474. The third-order valence-corrected chi connectivity index (χ3v) is 4.03. The van der Waals surface area contributed by atoms with Crippen LogP contribution >= 0.6 is 0 Å². The number of hydrogen-bond acceptors (Lipinski definition) is 3. The van der Waals surface area contributed by atoms with Crippen LogP contribution in [0.2, 0.25) is 0 Å². The molecular weight excluding hydrogens is 308 g/mol. The minimum atomic E-state index is 0.523. The molecule has 128 valence electrons. The van der Waals surface area contributed by atoms with Gasteiger partial charge >= 0.3 is 0 Å². The molecule has 0 bridgehead atoms. The van der Waals surface area contributed by atoms with Gasteiger partial charge < -0.3 is 10.2 Å². The van der Waals surface area contributed by atoms with E-state index >= 15 is 0 Å². The van der Waals surface area contributed by atoms with Crippen LogP contribution in [0, 0.1) is 0 Å². The smallest absolute Gasteiger partial charge is 0.131 e. The van der Waals surface area contributed by atoms with Crippen LogP contribution in [0.15, 0.2) is 78.9 Å². The molecule has 0 saturated carbocycles. The first-order chi connectivity index (χ1) is 12.2. The van der Waals surface area contributed by atoms with Gasteiger partial charge in [0.1, 0.15) is 11.5 Å². The molecule has 0 aliphatic rings. The molecule has 0 heterocycles. The first kappa shape index (κ1) is 17.1. The number of para-hydroxylation sites is 2. The fourth-order valence-corrected chi connectivity index (χ4v) is 2.56. The number of rotatable bonds is 7. The van der Waals surface area contributed by atoms with E-state index in [0.717, 1.165) is 22.7 Å². The van der Waals surface area contributed by atoms with Crippen molar-refractivity contribution in [3.8, 4) is 11.5 Å². The lowest BCUT2D eigenvalue weighted by Crippen LogP contribution is -2.21. The molecule has 0 spiro atoms. The Hall–Kier alpha value is -2.78. The zero-order valence-corrected chi connectivity index (χ0v) is 14.7. The second-order valence-electron chi connectivity index (χ2n) is 6.28. The lowest BCUT2D eigenvalue weighted by atomic mass is 10.0. The average molecular weight is 332 g/mol. The van der Waals surface area contributed by atoms with E-state index in [9.17, 15) is 0 Å². The summed E-state index contributed by atoms with van der Waals surface area (Å²) < 4.78 is 6.08. The van der Waals surface area contributed by atoms with Crippen LogP contribution in [0.1, 0.15) is 30.9 Å². The summed E-state index contributed by atoms with van der Waals surface area (Å²) in [6.45, 7) is 5.04. The molecular formula is C22H24N2O. The van der Waals surface area contributed by atoms with Crippen molar-refractivity contribution in [2.24, 2.45) is 0 Å². The van der Waals surface area contributed by atoms with Crippen LogP contribution in [0.5, 0.6) is 11.5 Å². The van der Waals surface area contributed by atoms with Crippen LogP contribution in [0.25, 0.3) is 0 Å². The molecule has 0 aliphatic heterocycles. The molecule has 0 amide bonds. The van der Waals surface area contributed by atoms with E-state index in [4.69, 9.17) is 4.74 Å². The average Bonchev–Trinajstić information content (AvgIpc) is 2.64. The molecule has 3 aromatic rings. The normalized spacial score (nSPS) is 10.7. The van der Waals surface area contributed by atoms with Crippen molar-refractivity contribution in [1.82, 2.24) is 5.43 Å². The van der Waals surface area contributed by atoms with Gasteiger partial charge in [-0.25, -0.2) is 5.43 Å². The van der Waals surface area contributed by atoms with E-state index in [-0.39, 0.29) is 0 Å². The van der Waals surface area contributed by atoms with Crippen molar-refractivity contribution in [2.75, 3.05) is 5.43 Å². The Balaban J connectivity index is 1.64. The molecule has 0 fully saturated rings. The number of hydrazine groups is 1. The van der Waals surface area contributed by atoms with Gasteiger partial charge in [0.15, 0.2) is 0 Å². The summed E-state index contributed by atoms with van der Waals surface area (Å²) in [5.41, 5.74) is 9.88. The monoisotopic (exact) mass is 332 g/mol.